The van der Waals surface area contributed by atoms with Gasteiger partial charge in [-0.25, -0.2) is 15.0 Å². The third-order valence-corrected chi connectivity index (χ3v) is 3.37. The highest BCUT2D eigenvalue weighted by atomic mass is 15.2. The summed E-state index contributed by atoms with van der Waals surface area (Å²) in [6, 6.07) is 0. The number of fused-ring (bicyclic) bond motifs is 1. The van der Waals surface area contributed by atoms with Crippen molar-refractivity contribution in [3.63, 3.8) is 0 Å². The van der Waals surface area contributed by atoms with Crippen molar-refractivity contribution in [2.75, 3.05) is 18.0 Å². The number of hydrogen-bond acceptors (Lipinski definition) is 4. The first-order valence-electron chi connectivity index (χ1n) is 6.13. The molecule has 0 aromatic carbocycles. The van der Waals surface area contributed by atoms with Crippen molar-refractivity contribution in [2.45, 2.75) is 20.3 Å². The normalized spacial score (nSPS) is 25.4. The van der Waals surface area contributed by atoms with Gasteiger partial charge in [0.1, 0.15) is 11.8 Å². The summed E-state index contributed by atoms with van der Waals surface area (Å²) in [5, 5.41) is 0. The van der Waals surface area contributed by atoms with E-state index >= 15 is 0 Å². The summed E-state index contributed by atoms with van der Waals surface area (Å²) in [5.74, 6) is 2.42. The second-order valence-electron chi connectivity index (χ2n) is 5.15. The molecule has 1 aliphatic rings. The van der Waals surface area contributed by atoms with Crippen LogP contribution in [0.5, 0.6) is 0 Å². The van der Waals surface area contributed by atoms with Gasteiger partial charge in [0.2, 0.25) is 0 Å². The van der Waals surface area contributed by atoms with Gasteiger partial charge in [0.05, 0.1) is 6.33 Å². The average Bonchev–Trinajstić information content (AvgIpc) is 2.75. The first-order valence-corrected chi connectivity index (χ1v) is 6.13. The van der Waals surface area contributed by atoms with E-state index in [4.69, 9.17) is 0 Å². The van der Waals surface area contributed by atoms with E-state index in [1.807, 2.05) is 0 Å². The molecule has 0 spiro atoms. The topological polar surface area (TPSA) is 57.7 Å². The molecule has 5 heteroatoms. The van der Waals surface area contributed by atoms with E-state index in [-0.39, 0.29) is 0 Å². The van der Waals surface area contributed by atoms with E-state index in [2.05, 4.69) is 38.7 Å². The van der Waals surface area contributed by atoms with Crippen LogP contribution in [0.1, 0.15) is 20.3 Å². The molecular formula is C12H17N5. The van der Waals surface area contributed by atoms with Gasteiger partial charge in [-0.3, -0.25) is 0 Å². The predicted molar refractivity (Wildman–Crippen MR) is 66.8 cm³/mol. The van der Waals surface area contributed by atoms with Crippen LogP contribution in [-0.2, 0) is 0 Å². The van der Waals surface area contributed by atoms with Crippen molar-refractivity contribution in [1.82, 2.24) is 19.9 Å². The smallest absolute Gasteiger partial charge is 0.182 e. The summed E-state index contributed by atoms with van der Waals surface area (Å²) in [4.78, 5) is 18.2. The minimum atomic E-state index is 0.715. The van der Waals surface area contributed by atoms with Gasteiger partial charge >= 0.3 is 0 Å². The average molecular weight is 231 g/mol. The molecule has 2 atom stereocenters. The predicted octanol–water partition coefficient (Wildman–Crippen LogP) is 1.84. The van der Waals surface area contributed by atoms with Crippen LogP contribution in [0.25, 0.3) is 11.2 Å². The van der Waals surface area contributed by atoms with E-state index in [0.29, 0.717) is 11.8 Å². The summed E-state index contributed by atoms with van der Waals surface area (Å²) in [7, 11) is 0. The minimum Gasteiger partial charge on any atom is -0.354 e. The van der Waals surface area contributed by atoms with E-state index in [1.54, 1.807) is 12.7 Å². The zero-order chi connectivity index (χ0) is 11.8. The van der Waals surface area contributed by atoms with Crippen LogP contribution in [0.4, 0.5) is 5.82 Å². The zero-order valence-electron chi connectivity index (χ0n) is 10.2. The van der Waals surface area contributed by atoms with E-state index in [0.717, 1.165) is 30.1 Å². The van der Waals surface area contributed by atoms with E-state index in [9.17, 15) is 0 Å². The van der Waals surface area contributed by atoms with Crippen LogP contribution in [0.2, 0.25) is 0 Å². The molecule has 1 N–H and O–H groups in total. The molecule has 3 rings (SSSR count). The molecule has 2 aromatic heterocycles. The zero-order valence-corrected chi connectivity index (χ0v) is 10.2. The number of piperidine rings is 1. The highest BCUT2D eigenvalue weighted by molar-refractivity contribution is 5.82. The SMILES string of the molecule is C[C@@H]1C[C@@H](C)CN(c2ncnc3nc[nH]c23)C1. The quantitative estimate of drug-likeness (QED) is 0.813. The Morgan fingerprint density at radius 1 is 1.18 bits per heavy atom. The van der Waals surface area contributed by atoms with Gasteiger partial charge in [0, 0.05) is 13.1 Å². The molecule has 5 nitrogen and oxygen atoms in total. The Labute approximate surface area is 100 Å². The van der Waals surface area contributed by atoms with Crippen molar-refractivity contribution < 1.29 is 0 Å². The first-order chi connectivity index (χ1) is 8.24. The molecule has 3 heterocycles. The molecule has 17 heavy (non-hydrogen) atoms. The Morgan fingerprint density at radius 2 is 1.94 bits per heavy atom. The molecule has 0 unspecified atom stereocenters. The monoisotopic (exact) mass is 231 g/mol. The summed E-state index contributed by atoms with van der Waals surface area (Å²) >= 11 is 0. The molecule has 1 fully saturated rings. The number of imidazole rings is 1. The number of aromatic amines is 1. The van der Waals surface area contributed by atoms with Gasteiger partial charge in [-0.1, -0.05) is 13.8 Å². The third-order valence-electron chi connectivity index (χ3n) is 3.37. The van der Waals surface area contributed by atoms with Crippen molar-refractivity contribution in [3.05, 3.63) is 12.7 Å². The number of hydrogen-bond donors (Lipinski definition) is 1. The van der Waals surface area contributed by atoms with Crippen LogP contribution in [0.3, 0.4) is 0 Å². The maximum atomic E-state index is 4.42. The number of nitrogens with zero attached hydrogens (tertiary/aromatic N) is 4. The number of aromatic nitrogens is 4. The summed E-state index contributed by atoms with van der Waals surface area (Å²) in [5.41, 5.74) is 1.70. The maximum absolute atomic E-state index is 4.42. The van der Waals surface area contributed by atoms with Crippen molar-refractivity contribution in [2.24, 2.45) is 11.8 Å². The van der Waals surface area contributed by atoms with Crippen LogP contribution in [0, 0.1) is 11.8 Å². The van der Waals surface area contributed by atoms with Crippen LogP contribution in [-0.4, -0.2) is 33.0 Å². The largest absolute Gasteiger partial charge is 0.354 e. The second-order valence-corrected chi connectivity index (χ2v) is 5.15. The van der Waals surface area contributed by atoms with E-state index in [1.165, 1.54) is 6.42 Å². The fourth-order valence-corrected chi connectivity index (χ4v) is 2.83. The standard InChI is InChI=1S/C12H17N5/c1-8-3-9(2)5-17(4-8)12-10-11(14-6-13-10)15-7-16-12/h6-9H,3-5H2,1-2H3,(H,13,14,15,16)/t8-,9-/m1/s1. The Bertz CT molecular complexity index is 510. The van der Waals surface area contributed by atoms with Gasteiger partial charge in [-0.2, -0.15) is 0 Å². The van der Waals surface area contributed by atoms with Crippen LogP contribution in [0.15, 0.2) is 12.7 Å². The summed E-state index contributed by atoms with van der Waals surface area (Å²) in [6.07, 6.45) is 4.58. The molecule has 0 radical (unpaired) electrons. The van der Waals surface area contributed by atoms with E-state index < -0.39 is 0 Å². The van der Waals surface area contributed by atoms with Crippen molar-refractivity contribution in [3.8, 4) is 0 Å². The Hall–Kier alpha value is -1.65. The second kappa shape index (κ2) is 3.98. The fourth-order valence-electron chi connectivity index (χ4n) is 2.83. The molecular weight excluding hydrogens is 214 g/mol. The maximum Gasteiger partial charge on any atom is 0.182 e. The molecule has 90 valence electrons. The first kappa shape index (κ1) is 10.5. The third kappa shape index (κ3) is 1.85. The number of nitrogens with one attached hydrogen (secondary N) is 1. The molecule has 1 aliphatic heterocycles. The van der Waals surface area contributed by atoms with Gasteiger partial charge < -0.3 is 9.88 Å². The highest BCUT2D eigenvalue weighted by Gasteiger charge is 2.24. The molecule has 1 saturated heterocycles. The van der Waals surface area contributed by atoms with Crippen LogP contribution >= 0.6 is 0 Å². The highest BCUT2D eigenvalue weighted by Crippen LogP contribution is 2.27. The lowest BCUT2D eigenvalue weighted by molar-refractivity contribution is 0.355. The lowest BCUT2D eigenvalue weighted by Gasteiger charge is -2.35. The van der Waals surface area contributed by atoms with Crippen LogP contribution < -0.4 is 4.90 Å². The molecule has 0 bridgehead atoms. The fraction of sp³-hybridized carbons (Fsp3) is 0.583. The Kier molecular flexibility index (Phi) is 2.46. The van der Waals surface area contributed by atoms with Gasteiger partial charge in [-0.15, -0.1) is 0 Å². The lowest BCUT2D eigenvalue weighted by atomic mass is 9.92. The van der Waals surface area contributed by atoms with Gasteiger partial charge in [-0.05, 0) is 18.3 Å². The number of rotatable bonds is 1. The molecule has 2 aromatic rings. The minimum absolute atomic E-state index is 0.715. The Balaban J connectivity index is 2.00. The van der Waals surface area contributed by atoms with Gasteiger partial charge in [0.15, 0.2) is 11.5 Å². The summed E-state index contributed by atoms with van der Waals surface area (Å²) in [6.45, 7) is 6.73. The molecule has 0 aliphatic carbocycles. The van der Waals surface area contributed by atoms with Crippen molar-refractivity contribution >= 4 is 17.0 Å². The summed E-state index contributed by atoms with van der Waals surface area (Å²) < 4.78 is 0. The van der Waals surface area contributed by atoms with Crippen molar-refractivity contribution in [1.29, 1.82) is 0 Å². The molecule has 0 saturated carbocycles. The Morgan fingerprint density at radius 3 is 2.71 bits per heavy atom. The van der Waals surface area contributed by atoms with Gasteiger partial charge in [0.25, 0.3) is 0 Å². The number of H-pyrrole nitrogens is 1. The molecule has 0 amide bonds. The number of anilines is 1. The lowest BCUT2D eigenvalue weighted by Crippen LogP contribution is -2.39.